The smallest absolute Gasteiger partial charge is 0.244 e. The average Bonchev–Trinajstić information content (AvgIpc) is 2.80. The quantitative estimate of drug-likeness (QED) is 0.566. The van der Waals surface area contributed by atoms with Crippen LogP contribution < -0.4 is 9.62 Å². The number of anilines is 1. The minimum absolute atomic E-state index is 0.120. The van der Waals surface area contributed by atoms with Crippen LogP contribution in [0.15, 0.2) is 48.5 Å². The zero-order chi connectivity index (χ0) is 25.6. The molecular weight excluding hydrogens is 462 g/mol. The fraction of sp³-hybridized carbons (Fsp3) is 0.481. The van der Waals surface area contributed by atoms with Gasteiger partial charge in [-0.05, 0) is 56.9 Å². The van der Waals surface area contributed by atoms with Crippen molar-refractivity contribution in [2.75, 3.05) is 17.1 Å². The van der Waals surface area contributed by atoms with Gasteiger partial charge in [-0.25, -0.2) is 8.42 Å². The Labute approximate surface area is 209 Å². The third kappa shape index (κ3) is 7.56. The first-order chi connectivity index (χ1) is 16.5. The Kier molecular flexibility index (Phi) is 8.94. The lowest BCUT2D eigenvalue weighted by atomic mass is 9.95. The van der Waals surface area contributed by atoms with Crippen molar-refractivity contribution in [3.8, 4) is 0 Å². The number of amides is 2. The fourth-order valence-electron chi connectivity index (χ4n) is 4.56. The van der Waals surface area contributed by atoms with Gasteiger partial charge in [0.1, 0.15) is 12.6 Å². The zero-order valence-corrected chi connectivity index (χ0v) is 22.0. The number of rotatable bonds is 9. The van der Waals surface area contributed by atoms with Crippen molar-refractivity contribution in [2.45, 2.75) is 71.5 Å². The van der Waals surface area contributed by atoms with Gasteiger partial charge in [0.2, 0.25) is 21.8 Å². The van der Waals surface area contributed by atoms with Crippen LogP contribution in [0, 0.1) is 13.8 Å². The second kappa shape index (κ2) is 11.7. The lowest BCUT2D eigenvalue weighted by Gasteiger charge is -2.33. The van der Waals surface area contributed by atoms with E-state index < -0.39 is 22.0 Å². The fourth-order valence-corrected chi connectivity index (χ4v) is 5.40. The summed E-state index contributed by atoms with van der Waals surface area (Å²) in [6, 6.07) is 14.2. The first-order valence-corrected chi connectivity index (χ1v) is 14.1. The molecule has 0 bridgehead atoms. The van der Waals surface area contributed by atoms with E-state index >= 15 is 0 Å². The van der Waals surface area contributed by atoms with Crippen molar-refractivity contribution in [1.82, 2.24) is 10.2 Å². The number of nitrogens with zero attached hydrogens (tertiary/aromatic N) is 2. The van der Waals surface area contributed by atoms with E-state index in [4.69, 9.17) is 0 Å². The molecule has 1 fully saturated rings. The molecule has 0 heterocycles. The van der Waals surface area contributed by atoms with Crippen molar-refractivity contribution in [3.63, 3.8) is 0 Å². The SMILES string of the molecule is Cc1cccc(CN(C(=O)CN(c2cccc(C)c2)S(C)(=O)=O)[C@H](C)C(=O)NC2CCCCC2)c1. The van der Waals surface area contributed by atoms with Crippen LogP contribution >= 0.6 is 0 Å². The monoisotopic (exact) mass is 499 g/mol. The Morgan fingerprint density at radius 1 is 1.00 bits per heavy atom. The number of benzene rings is 2. The Morgan fingerprint density at radius 3 is 2.23 bits per heavy atom. The molecule has 0 radical (unpaired) electrons. The minimum atomic E-state index is -3.73. The van der Waals surface area contributed by atoms with Crippen molar-refractivity contribution in [2.24, 2.45) is 0 Å². The summed E-state index contributed by atoms with van der Waals surface area (Å²) >= 11 is 0. The summed E-state index contributed by atoms with van der Waals surface area (Å²) in [5, 5.41) is 3.11. The van der Waals surface area contributed by atoms with Crippen LogP contribution in [0.5, 0.6) is 0 Å². The van der Waals surface area contributed by atoms with Crippen LogP contribution in [0.3, 0.4) is 0 Å². The Hall–Kier alpha value is -2.87. The average molecular weight is 500 g/mol. The molecular formula is C27H37N3O4S. The van der Waals surface area contributed by atoms with E-state index in [1.165, 1.54) is 11.3 Å². The number of hydrogen-bond donors (Lipinski definition) is 1. The van der Waals surface area contributed by atoms with Crippen LogP contribution in [0.25, 0.3) is 0 Å². The van der Waals surface area contributed by atoms with Crippen molar-refractivity contribution >= 4 is 27.5 Å². The molecule has 190 valence electrons. The van der Waals surface area contributed by atoms with Gasteiger partial charge in [0.25, 0.3) is 0 Å². The first kappa shape index (κ1) is 26.7. The maximum absolute atomic E-state index is 13.6. The molecule has 0 saturated heterocycles. The molecule has 1 N–H and O–H groups in total. The maximum Gasteiger partial charge on any atom is 0.244 e. The zero-order valence-electron chi connectivity index (χ0n) is 21.2. The summed E-state index contributed by atoms with van der Waals surface area (Å²) < 4.78 is 26.4. The van der Waals surface area contributed by atoms with Gasteiger partial charge in [0.15, 0.2) is 0 Å². The van der Waals surface area contributed by atoms with Crippen molar-refractivity contribution in [1.29, 1.82) is 0 Å². The van der Waals surface area contributed by atoms with Crippen LogP contribution in [-0.4, -0.2) is 50.0 Å². The lowest BCUT2D eigenvalue weighted by Crippen LogP contribution is -2.53. The molecule has 35 heavy (non-hydrogen) atoms. The Balaban J connectivity index is 1.87. The first-order valence-electron chi connectivity index (χ1n) is 12.2. The summed E-state index contributed by atoms with van der Waals surface area (Å²) in [5.74, 6) is -0.635. The molecule has 2 aromatic rings. The molecule has 2 aromatic carbocycles. The van der Waals surface area contributed by atoms with E-state index in [0.717, 1.165) is 52.9 Å². The van der Waals surface area contributed by atoms with E-state index in [1.54, 1.807) is 25.1 Å². The van der Waals surface area contributed by atoms with Gasteiger partial charge in [-0.3, -0.25) is 13.9 Å². The van der Waals surface area contributed by atoms with Gasteiger partial charge in [0, 0.05) is 12.6 Å². The third-order valence-electron chi connectivity index (χ3n) is 6.52. The molecule has 3 rings (SSSR count). The van der Waals surface area contributed by atoms with E-state index in [1.807, 2.05) is 44.2 Å². The summed E-state index contributed by atoms with van der Waals surface area (Å²) in [4.78, 5) is 28.3. The van der Waals surface area contributed by atoms with Gasteiger partial charge < -0.3 is 10.2 Å². The van der Waals surface area contributed by atoms with E-state index in [0.29, 0.717) is 5.69 Å². The highest BCUT2D eigenvalue weighted by molar-refractivity contribution is 7.92. The van der Waals surface area contributed by atoms with E-state index in [2.05, 4.69) is 5.32 Å². The van der Waals surface area contributed by atoms with Crippen LogP contribution in [-0.2, 0) is 26.2 Å². The maximum atomic E-state index is 13.6. The molecule has 1 saturated carbocycles. The van der Waals surface area contributed by atoms with Gasteiger partial charge in [-0.2, -0.15) is 0 Å². The molecule has 0 aliphatic heterocycles. The van der Waals surface area contributed by atoms with Crippen LogP contribution in [0.4, 0.5) is 5.69 Å². The second-order valence-electron chi connectivity index (χ2n) is 9.64. The third-order valence-corrected chi connectivity index (χ3v) is 7.66. The standard InChI is InChI=1S/C27H37N3O4S/c1-20-10-8-12-23(16-20)18-29(22(3)27(32)28-24-13-6-5-7-14-24)26(31)19-30(35(4,33)34)25-15-9-11-21(2)17-25/h8-12,15-17,22,24H,5-7,13-14,18-19H2,1-4H3,(H,28,32)/t22-/m1/s1. The predicted octanol–water partition coefficient (Wildman–Crippen LogP) is 3.94. The Morgan fingerprint density at radius 2 is 1.63 bits per heavy atom. The van der Waals surface area contributed by atoms with Crippen LogP contribution in [0.2, 0.25) is 0 Å². The van der Waals surface area contributed by atoms with Gasteiger partial charge in [-0.15, -0.1) is 0 Å². The summed E-state index contributed by atoms with van der Waals surface area (Å²) in [6.45, 7) is 5.38. The summed E-state index contributed by atoms with van der Waals surface area (Å²) in [6.07, 6.45) is 6.34. The normalized spacial score (nSPS) is 15.3. The van der Waals surface area contributed by atoms with Gasteiger partial charge >= 0.3 is 0 Å². The highest BCUT2D eigenvalue weighted by atomic mass is 32.2. The molecule has 0 aromatic heterocycles. The van der Waals surface area contributed by atoms with Crippen LogP contribution in [0.1, 0.15) is 55.7 Å². The molecule has 0 unspecified atom stereocenters. The highest BCUT2D eigenvalue weighted by Gasteiger charge is 2.31. The second-order valence-corrected chi connectivity index (χ2v) is 11.5. The largest absolute Gasteiger partial charge is 0.352 e. The summed E-state index contributed by atoms with van der Waals surface area (Å²) in [5.41, 5.74) is 3.25. The highest BCUT2D eigenvalue weighted by Crippen LogP contribution is 2.21. The Bertz CT molecular complexity index is 1140. The molecule has 1 aliphatic rings. The number of sulfonamides is 1. The molecule has 1 aliphatic carbocycles. The number of aryl methyl sites for hydroxylation is 2. The summed E-state index contributed by atoms with van der Waals surface area (Å²) in [7, 11) is -3.73. The van der Waals surface area contributed by atoms with E-state index in [9.17, 15) is 18.0 Å². The molecule has 7 nitrogen and oxygen atoms in total. The molecule has 8 heteroatoms. The van der Waals surface area contributed by atoms with E-state index in [-0.39, 0.29) is 25.0 Å². The molecule has 2 amide bonds. The number of carbonyl (C=O) groups excluding carboxylic acids is 2. The number of nitrogens with one attached hydrogen (secondary N) is 1. The van der Waals surface area contributed by atoms with Crippen molar-refractivity contribution < 1.29 is 18.0 Å². The number of carbonyl (C=O) groups is 2. The number of hydrogen-bond acceptors (Lipinski definition) is 4. The molecule has 1 atom stereocenters. The topological polar surface area (TPSA) is 86.8 Å². The van der Waals surface area contributed by atoms with Gasteiger partial charge in [0.05, 0.1) is 11.9 Å². The van der Waals surface area contributed by atoms with Gasteiger partial charge in [-0.1, -0.05) is 61.2 Å². The molecule has 0 spiro atoms. The minimum Gasteiger partial charge on any atom is -0.352 e. The predicted molar refractivity (Wildman–Crippen MR) is 140 cm³/mol. The van der Waals surface area contributed by atoms with Crippen molar-refractivity contribution in [3.05, 3.63) is 65.2 Å². The lowest BCUT2D eigenvalue weighted by molar-refractivity contribution is -0.139.